The molecule has 0 radical (unpaired) electrons. The van der Waals surface area contributed by atoms with Gasteiger partial charge in [-0.2, -0.15) is 5.26 Å². The first-order valence-corrected chi connectivity index (χ1v) is 6.24. The molecule has 0 aliphatic heterocycles. The summed E-state index contributed by atoms with van der Waals surface area (Å²) in [5.41, 5.74) is 1.37. The molecule has 2 rings (SSSR count). The highest BCUT2D eigenvalue weighted by molar-refractivity contribution is 5.60. The zero-order valence-electron chi connectivity index (χ0n) is 10.5. The fourth-order valence-electron chi connectivity index (χ4n) is 2.39. The van der Waals surface area contributed by atoms with Gasteiger partial charge >= 0.3 is 0 Å². The number of hydrogen-bond acceptors (Lipinski definition) is 4. The van der Waals surface area contributed by atoms with Gasteiger partial charge in [0.05, 0.1) is 24.5 Å². The van der Waals surface area contributed by atoms with E-state index in [1.54, 1.807) is 19.2 Å². The minimum Gasteiger partial charge on any atom is -0.497 e. The Bertz CT molecular complexity index is 454. The Morgan fingerprint density at radius 3 is 2.94 bits per heavy atom. The van der Waals surface area contributed by atoms with Crippen molar-refractivity contribution in [2.75, 3.05) is 19.0 Å². The molecule has 2 atom stereocenters. The summed E-state index contributed by atoms with van der Waals surface area (Å²) < 4.78 is 5.15. The van der Waals surface area contributed by atoms with Crippen molar-refractivity contribution in [2.45, 2.75) is 25.4 Å². The van der Waals surface area contributed by atoms with Crippen molar-refractivity contribution >= 4 is 5.69 Å². The van der Waals surface area contributed by atoms with Crippen LogP contribution < -0.4 is 10.1 Å². The van der Waals surface area contributed by atoms with Crippen molar-refractivity contribution in [1.29, 1.82) is 5.26 Å². The van der Waals surface area contributed by atoms with Crippen molar-refractivity contribution in [2.24, 2.45) is 5.92 Å². The van der Waals surface area contributed by atoms with Gasteiger partial charge in [-0.15, -0.1) is 0 Å². The van der Waals surface area contributed by atoms with Gasteiger partial charge in [0.2, 0.25) is 0 Å². The first-order valence-electron chi connectivity index (χ1n) is 6.24. The summed E-state index contributed by atoms with van der Waals surface area (Å²) in [5.74, 6) is 1.01. The van der Waals surface area contributed by atoms with E-state index in [4.69, 9.17) is 10.00 Å². The highest BCUT2D eigenvalue weighted by atomic mass is 16.5. The Kier molecular flexibility index (Phi) is 4.06. The van der Waals surface area contributed by atoms with Crippen LogP contribution in [0, 0.1) is 17.2 Å². The van der Waals surface area contributed by atoms with Crippen LogP contribution >= 0.6 is 0 Å². The second-order valence-corrected chi connectivity index (χ2v) is 4.66. The fraction of sp³-hybridized carbons (Fsp3) is 0.500. The van der Waals surface area contributed by atoms with Crippen LogP contribution in [-0.4, -0.2) is 24.9 Å². The third kappa shape index (κ3) is 2.74. The van der Waals surface area contributed by atoms with E-state index < -0.39 is 0 Å². The van der Waals surface area contributed by atoms with E-state index in [-0.39, 0.29) is 12.0 Å². The first kappa shape index (κ1) is 12.7. The maximum absolute atomic E-state index is 9.76. The minimum atomic E-state index is -0.214. The standard InChI is InChI=1S/C14H18N2O2/c1-18-12-6-5-10(8-15)13(7-12)16-9-11-3-2-4-14(11)17/h5-7,11,14,16-17H,2-4,9H2,1H3. The van der Waals surface area contributed by atoms with E-state index in [2.05, 4.69) is 11.4 Å². The number of aliphatic hydroxyl groups excluding tert-OH is 1. The van der Waals surface area contributed by atoms with Gasteiger partial charge in [0.15, 0.2) is 0 Å². The monoisotopic (exact) mass is 246 g/mol. The molecule has 0 spiro atoms. The third-order valence-electron chi connectivity index (χ3n) is 3.52. The van der Waals surface area contributed by atoms with Crippen LogP contribution in [0.1, 0.15) is 24.8 Å². The highest BCUT2D eigenvalue weighted by Crippen LogP contribution is 2.27. The van der Waals surface area contributed by atoms with E-state index in [1.807, 2.05) is 6.07 Å². The summed E-state index contributed by atoms with van der Waals surface area (Å²) >= 11 is 0. The molecule has 1 aromatic rings. The first-order chi connectivity index (χ1) is 8.74. The molecule has 4 nitrogen and oxygen atoms in total. The van der Waals surface area contributed by atoms with Gasteiger partial charge in [0.25, 0.3) is 0 Å². The number of rotatable bonds is 4. The average Bonchev–Trinajstić information content (AvgIpc) is 2.81. The molecule has 1 aliphatic rings. The van der Waals surface area contributed by atoms with Gasteiger partial charge in [0.1, 0.15) is 11.8 Å². The number of aliphatic hydroxyl groups is 1. The van der Waals surface area contributed by atoms with Crippen LogP contribution in [0.4, 0.5) is 5.69 Å². The SMILES string of the molecule is COc1ccc(C#N)c(NCC2CCCC2O)c1. The van der Waals surface area contributed by atoms with Gasteiger partial charge in [-0.05, 0) is 25.0 Å². The fourth-order valence-corrected chi connectivity index (χ4v) is 2.39. The molecule has 1 fully saturated rings. The summed E-state index contributed by atoms with van der Waals surface area (Å²) in [4.78, 5) is 0. The molecule has 18 heavy (non-hydrogen) atoms. The number of hydrogen-bond donors (Lipinski definition) is 2. The van der Waals surface area contributed by atoms with Gasteiger partial charge < -0.3 is 15.2 Å². The molecule has 0 heterocycles. The van der Waals surface area contributed by atoms with E-state index in [0.29, 0.717) is 12.1 Å². The lowest BCUT2D eigenvalue weighted by molar-refractivity contribution is 0.138. The topological polar surface area (TPSA) is 65.3 Å². The van der Waals surface area contributed by atoms with Crippen LogP contribution in [-0.2, 0) is 0 Å². The Morgan fingerprint density at radius 1 is 1.50 bits per heavy atom. The summed E-state index contributed by atoms with van der Waals surface area (Å²) in [6, 6.07) is 7.49. The summed E-state index contributed by atoms with van der Waals surface area (Å²) in [5, 5.41) is 22.1. The quantitative estimate of drug-likeness (QED) is 0.854. The van der Waals surface area contributed by atoms with Crippen molar-refractivity contribution in [1.82, 2.24) is 0 Å². The number of ether oxygens (including phenoxy) is 1. The second-order valence-electron chi connectivity index (χ2n) is 4.66. The van der Waals surface area contributed by atoms with Crippen LogP contribution in [0.2, 0.25) is 0 Å². The van der Waals surface area contributed by atoms with Gasteiger partial charge in [-0.3, -0.25) is 0 Å². The number of nitrogens with zero attached hydrogens (tertiary/aromatic N) is 1. The molecule has 0 amide bonds. The lowest BCUT2D eigenvalue weighted by atomic mass is 10.1. The van der Waals surface area contributed by atoms with Crippen LogP contribution in [0.3, 0.4) is 0 Å². The number of methoxy groups -OCH3 is 1. The van der Waals surface area contributed by atoms with Crippen molar-refractivity contribution in [3.8, 4) is 11.8 Å². The molecule has 1 saturated carbocycles. The van der Waals surface area contributed by atoms with Gasteiger partial charge in [-0.1, -0.05) is 6.42 Å². The smallest absolute Gasteiger partial charge is 0.121 e. The summed E-state index contributed by atoms with van der Waals surface area (Å²) in [6.07, 6.45) is 2.79. The molecular formula is C14H18N2O2. The molecule has 1 aromatic carbocycles. The number of benzene rings is 1. The predicted molar refractivity (Wildman–Crippen MR) is 69.5 cm³/mol. The van der Waals surface area contributed by atoms with E-state index in [9.17, 15) is 5.11 Å². The van der Waals surface area contributed by atoms with Crippen LogP contribution in [0.15, 0.2) is 18.2 Å². The van der Waals surface area contributed by atoms with E-state index >= 15 is 0 Å². The molecule has 0 bridgehead atoms. The Hall–Kier alpha value is -1.73. The van der Waals surface area contributed by atoms with E-state index in [1.165, 1.54) is 0 Å². The number of nitrogens with one attached hydrogen (secondary N) is 1. The summed E-state index contributed by atoms with van der Waals surface area (Å²) in [6.45, 7) is 0.697. The minimum absolute atomic E-state index is 0.214. The van der Waals surface area contributed by atoms with Crippen LogP contribution in [0.25, 0.3) is 0 Å². The largest absolute Gasteiger partial charge is 0.497 e. The highest BCUT2D eigenvalue weighted by Gasteiger charge is 2.24. The molecular weight excluding hydrogens is 228 g/mol. The maximum Gasteiger partial charge on any atom is 0.121 e. The third-order valence-corrected chi connectivity index (χ3v) is 3.52. The lowest BCUT2D eigenvalue weighted by Crippen LogP contribution is -2.22. The summed E-state index contributed by atoms with van der Waals surface area (Å²) in [7, 11) is 1.60. The van der Waals surface area contributed by atoms with Gasteiger partial charge in [0, 0.05) is 18.5 Å². The van der Waals surface area contributed by atoms with E-state index in [0.717, 1.165) is 30.7 Å². The number of anilines is 1. The Balaban J connectivity index is 2.05. The Labute approximate surface area is 107 Å². The molecule has 2 unspecified atom stereocenters. The maximum atomic E-state index is 9.76. The van der Waals surface area contributed by atoms with Crippen molar-refractivity contribution < 1.29 is 9.84 Å². The van der Waals surface area contributed by atoms with Gasteiger partial charge in [-0.25, -0.2) is 0 Å². The predicted octanol–water partition coefficient (Wildman–Crippen LogP) is 2.14. The molecule has 1 aliphatic carbocycles. The molecule has 0 aromatic heterocycles. The molecule has 96 valence electrons. The Morgan fingerprint density at radius 2 is 2.33 bits per heavy atom. The molecule has 2 N–H and O–H groups in total. The average molecular weight is 246 g/mol. The van der Waals surface area contributed by atoms with Crippen LogP contribution in [0.5, 0.6) is 5.75 Å². The molecule has 0 saturated heterocycles. The molecule has 4 heteroatoms. The normalized spacial score (nSPS) is 22.5. The van der Waals surface area contributed by atoms with Crippen molar-refractivity contribution in [3.05, 3.63) is 23.8 Å². The zero-order chi connectivity index (χ0) is 13.0. The number of nitriles is 1. The second kappa shape index (κ2) is 5.74. The zero-order valence-corrected chi connectivity index (χ0v) is 10.5. The lowest BCUT2D eigenvalue weighted by Gasteiger charge is -2.17. The van der Waals surface area contributed by atoms with Crippen molar-refractivity contribution in [3.63, 3.8) is 0 Å².